The average molecular weight is 407 g/mol. The maximum Gasteiger partial charge on any atom is 0.256 e. The van der Waals surface area contributed by atoms with E-state index in [2.05, 4.69) is 24.1 Å². The Morgan fingerprint density at radius 1 is 1.03 bits per heavy atom. The molecule has 6 heteroatoms. The van der Waals surface area contributed by atoms with E-state index in [1.54, 1.807) is 0 Å². The molecule has 6 nitrogen and oxygen atoms in total. The van der Waals surface area contributed by atoms with Crippen LogP contribution in [0, 0.1) is 0 Å². The molecule has 1 N–H and O–H groups in total. The summed E-state index contributed by atoms with van der Waals surface area (Å²) >= 11 is 0. The summed E-state index contributed by atoms with van der Waals surface area (Å²) in [5, 5.41) is 3.50. The van der Waals surface area contributed by atoms with Gasteiger partial charge >= 0.3 is 0 Å². The van der Waals surface area contributed by atoms with Gasteiger partial charge in [0.15, 0.2) is 0 Å². The molecule has 2 aromatic rings. The molecule has 0 aliphatic carbocycles. The van der Waals surface area contributed by atoms with Crippen molar-refractivity contribution in [3.8, 4) is 0 Å². The highest BCUT2D eigenvalue weighted by atomic mass is 16.2. The van der Waals surface area contributed by atoms with Crippen LogP contribution in [-0.4, -0.2) is 65.8 Å². The van der Waals surface area contributed by atoms with Crippen molar-refractivity contribution in [2.24, 2.45) is 0 Å². The van der Waals surface area contributed by atoms with Crippen molar-refractivity contribution in [1.82, 2.24) is 14.7 Å². The van der Waals surface area contributed by atoms with Crippen LogP contribution >= 0.6 is 0 Å². The van der Waals surface area contributed by atoms with Gasteiger partial charge in [-0.05, 0) is 37.2 Å². The van der Waals surface area contributed by atoms with E-state index in [0.717, 1.165) is 56.0 Å². The minimum atomic E-state index is -0.216. The highest BCUT2D eigenvalue weighted by Crippen LogP contribution is 2.34. The lowest BCUT2D eigenvalue weighted by Crippen LogP contribution is -2.48. The number of rotatable bonds is 6. The SMILES string of the molecule is CCCN1C(=O)c2ccccc2[C@H]1Nc1cccc(C(=O)N2CCN(CC)CC2)c1. The summed E-state index contributed by atoms with van der Waals surface area (Å²) in [6.45, 7) is 9.31. The number of anilines is 1. The van der Waals surface area contributed by atoms with Crippen LogP contribution in [0.15, 0.2) is 48.5 Å². The molecule has 4 rings (SSSR count). The van der Waals surface area contributed by atoms with E-state index in [4.69, 9.17) is 0 Å². The fraction of sp³-hybridized carbons (Fsp3) is 0.417. The Kier molecular flexibility index (Phi) is 6.04. The van der Waals surface area contributed by atoms with Gasteiger partial charge in [-0.15, -0.1) is 0 Å². The predicted octanol–water partition coefficient (Wildman–Crippen LogP) is 3.44. The fourth-order valence-corrected chi connectivity index (χ4v) is 4.35. The molecule has 2 heterocycles. The number of benzene rings is 2. The fourth-order valence-electron chi connectivity index (χ4n) is 4.35. The van der Waals surface area contributed by atoms with E-state index in [-0.39, 0.29) is 18.0 Å². The molecule has 0 bridgehead atoms. The summed E-state index contributed by atoms with van der Waals surface area (Å²) in [6.07, 6.45) is 0.673. The van der Waals surface area contributed by atoms with Gasteiger partial charge in [-0.2, -0.15) is 0 Å². The molecule has 0 radical (unpaired) electrons. The van der Waals surface area contributed by atoms with Gasteiger partial charge < -0.3 is 20.0 Å². The molecule has 0 aromatic heterocycles. The molecular formula is C24H30N4O2. The lowest BCUT2D eigenvalue weighted by atomic mass is 10.1. The molecule has 1 fully saturated rings. The number of hydrogen-bond acceptors (Lipinski definition) is 4. The molecule has 1 saturated heterocycles. The van der Waals surface area contributed by atoms with Crippen molar-refractivity contribution in [1.29, 1.82) is 0 Å². The third kappa shape index (κ3) is 3.92. The van der Waals surface area contributed by atoms with Crippen LogP contribution in [0.1, 0.15) is 52.7 Å². The summed E-state index contributed by atoms with van der Waals surface area (Å²) in [6, 6.07) is 15.4. The van der Waals surface area contributed by atoms with E-state index < -0.39 is 0 Å². The van der Waals surface area contributed by atoms with E-state index >= 15 is 0 Å². The molecule has 0 saturated carbocycles. The zero-order chi connectivity index (χ0) is 21.1. The number of amides is 2. The number of piperazine rings is 1. The first-order chi connectivity index (χ1) is 14.6. The number of nitrogens with one attached hydrogen (secondary N) is 1. The minimum Gasteiger partial charge on any atom is -0.361 e. The molecule has 2 aliphatic heterocycles. The average Bonchev–Trinajstić information content (AvgIpc) is 3.05. The number of fused-ring (bicyclic) bond motifs is 1. The summed E-state index contributed by atoms with van der Waals surface area (Å²) in [5.74, 6) is 0.133. The van der Waals surface area contributed by atoms with Gasteiger partial charge in [-0.25, -0.2) is 0 Å². The Labute approximate surface area is 178 Å². The first kappa shape index (κ1) is 20.4. The number of likely N-dealkylation sites (N-methyl/N-ethyl adjacent to an activating group) is 1. The Morgan fingerprint density at radius 3 is 2.53 bits per heavy atom. The molecular weight excluding hydrogens is 376 g/mol. The van der Waals surface area contributed by atoms with Crippen LogP contribution in [0.5, 0.6) is 0 Å². The molecule has 0 unspecified atom stereocenters. The highest BCUT2D eigenvalue weighted by molar-refractivity contribution is 5.99. The second-order valence-corrected chi connectivity index (χ2v) is 7.94. The number of nitrogens with zero attached hydrogens (tertiary/aromatic N) is 3. The van der Waals surface area contributed by atoms with Crippen molar-refractivity contribution in [3.05, 3.63) is 65.2 Å². The summed E-state index contributed by atoms with van der Waals surface area (Å²) in [7, 11) is 0. The Balaban J connectivity index is 1.53. The predicted molar refractivity (Wildman–Crippen MR) is 119 cm³/mol. The second kappa shape index (κ2) is 8.88. The summed E-state index contributed by atoms with van der Waals surface area (Å²) in [5.41, 5.74) is 3.28. The molecule has 158 valence electrons. The van der Waals surface area contributed by atoms with Crippen LogP contribution in [0.25, 0.3) is 0 Å². The quantitative estimate of drug-likeness (QED) is 0.799. The molecule has 2 aliphatic rings. The number of carbonyl (C=O) groups is 2. The monoisotopic (exact) mass is 406 g/mol. The van der Waals surface area contributed by atoms with Crippen molar-refractivity contribution in [2.45, 2.75) is 26.4 Å². The number of carbonyl (C=O) groups excluding carboxylic acids is 2. The number of hydrogen-bond donors (Lipinski definition) is 1. The normalized spacial score (nSPS) is 19.1. The van der Waals surface area contributed by atoms with Crippen LogP contribution in [-0.2, 0) is 0 Å². The van der Waals surface area contributed by atoms with Gasteiger partial charge in [0.2, 0.25) is 0 Å². The zero-order valence-electron chi connectivity index (χ0n) is 17.8. The van der Waals surface area contributed by atoms with Crippen LogP contribution in [0.2, 0.25) is 0 Å². The van der Waals surface area contributed by atoms with Crippen molar-refractivity contribution in [2.75, 3.05) is 44.6 Å². The smallest absolute Gasteiger partial charge is 0.256 e. The van der Waals surface area contributed by atoms with Crippen molar-refractivity contribution in [3.63, 3.8) is 0 Å². The van der Waals surface area contributed by atoms with Gasteiger partial charge in [-0.3, -0.25) is 9.59 Å². The van der Waals surface area contributed by atoms with E-state index in [0.29, 0.717) is 12.1 Å². The van der Waals surface area contributed by atoms with Crippen LogP contribution in [0.4, 0.5) is 5.69 Å². The van der Waals surface area contributed by atoms with Crippen LogP contribution in [0.3, 0.4) is 0 Å². The third-order valence-electron chi connectivity index (χ3n) is 6.04. The molecule has 2 amide bonds. The molecule has 30 heavy (non-hydrogen) atoms. The van der Waals surface area contributed by atoms with Gasteiger partial charge in [0.1, 0.15) is 6.17 Å². The first-order valence-corrected chi connectivity index (χ1v) is 10.9. The van der Waals surface area contributed by atoms with Crippen molar-refractivity contribution < 1.29 is 9.59 Å². The molecule has 0 spiro atoms. The molecule has 2 aromatic carbocycles. The van der Waals surface area contributed by atoms with E-state index in [1.807, 2.05) is 58.3 Å². The van der Waals surface area contributed by atoms with Gasteiger partial charge in [-0.1, -0.05) is 38.1 Å². The lowest BCUT2D eigenvalue weighted by Gasteiger charge is -2.34. The topological polar surface area (TPSA) is 55.9 Å². The lowest BCUT2D eigenvalue weighted by molar-refractivity contribution is 0.0642. The Morgan fingerprint density at radius 2 is 1.80 bits per heavy atom. The van der Waals surface area contributed by atoms with Crippen molar-refractivity contribution >= 4 is 17.5 Å². The Bertz CT molecular complexity index is 921. The van der Waals surface area contributed by atoms with E-state index in [9.17, 15) is 9.59 Å². The summed E-state index contributed by atoms with van der Waals surface area (Å²) < 4.78 is 0. The highest BCUT2D eigenvalue weighted by Gasteiger charge is 2.35. The second-order valence-electron chi connectivity index (χ2n) is 7.94. The largest absolute Gasteiger partial charge is 0.361 e. The first-order valence-electron chi connectivity index (χ1n) is 10.9. The zero-order valence-corrected chi connectivity index (χ0v) is 17.8. The maximum atomic E-state index is 13.0. The van der Waals surface area contributed by atoms with Gasteiger partial charge in [0.05, 0.1) is 0 Å². The molecule has 1 atom stereocenters. The maximum absolute atomic E-state index is 13.0. The van der Waals surface area contributed by atoms with Gasteiger partial charge in [0.25, 0.3) is 11.8 Å². The van der Waals surface area contributed by atoms with Gasteiger partial charge in [0, 0.05) is 55.1 Å². The third-order valence-corrected chi connectivity index (χ3v) is 6.04. The summed E-state index contributed by atoms with van der Waals surface area (Å²) in [4.78, 5) is 32.0. The van der Waals surface area contributed by atoms with E-state index in [1.165, 1.54) is 0 Å². The van der Waals surface area contributed by atoms with Crippen LogP contribution < -0.4 is 5.32 Å². The minimum absolute atomic E-state index is 0.0611. The Hall–Kier alpha value is -2.86. The standard InChI is InChI=1S/C24H30N4O2/c1-3-12-28-22(20-10-5-6-11-21(20)24(28)30)25-19-9-7-8-18(17-19)23(29)27-15-13-26(4-2)14-16-27/h5-11,17,22,25H,3-4,12-16H2,1-2H3/t22-/m0/s1.